The van der Waals surface area contributed by atoms with Gasteiger partial charge in [-0.3, -0.25) is 4.79 Å². The fraction of sp³-hybridized carbons (Fsp3) is 0.562. The summed E-state index contributed by atoms with van der Waals surface area (Å²) in [5.41, 5.74) is 0.690. The van der Waals surface area contributed by atoms with Gasteiger partial charge in [0.2, 0.25) is 0 Å². The second kappa shape index (κ2) is 7.90. The highest BCUT2D eigenvalue weighted by atomic mass is 16.5. The summed E-state index contributed by atoms with van der Waals surface area (Å²) in [6, 6.07) is 7.41. The molecule has 0 aliphatic rings. The summed E-state index contributed by atoms with van der Waals surface area (Å²) >= 11 is 0. The maximum Gasteiger partial charge on any atom is 0.260 e. The van der Waals surface area contributed by atoms with Crippen molar-refractivity contribution in [2.45, 2.75) is 58.8 Å². The van der Waals surface area contributed by atoms with E-state index in [4.69, 9.17) is 4.74 Å². The number of ether oxygens (including phenoxy) is 1. The van der Waals surface area contributed by atoms with Gasteiger partial charge in [-0.15, -0.1) is 0 Å². The van der Waals surface area contributed by atoms with Crippen molar-refractivity contribution in [3.63, 3.8) is 0 Å². The molecule has 1 unspecified atom stereocenters. The van der Waals surface area contributed by atoms with Crippen LogP contribution in [0.3, 0.4) is 0 Å². The van der Waals surface area contributed by atoms with Crippen LogP contribution in [-0.2, 0) is 4.79 Å². The molecule has 1 amide bonds. The molecule has 0 saturated carbocycles. The SMILES string of the molecule is CCC(CC)NC(=O)C(C)Oc1ccccc1[C@@H](C)O. The molecule has 1 rings (SSSR count). The average molecular weight is 279 g/mol. The van der Waals surface area contributed by atoms with Crippen LogP contribution in [-0.4, -0.2) is 23.2 Å². The molecule has 4 heteroatoms. The van der Waals surface area contributed by atoms with Crippen LogP contribution in [0.15, 0.2) is 24.3 Å². The molecule has 0 aliphatic heterocycles. The fourth-order valence-corrected chi connectivity index (χ4v) is 1.99. The van der Waals surface area contributed by atoms with Crippen molar-refractivity contribution in [2.75, 3.05) is 0 Å². The van der Waals surface area contributed by atoms with Crippen molar-refractivity contribution in [3.05, 3.63) is 29.8 Å². The largest absolute Gasteiger partial charge is 0.481 e. The molecule has 0 fully saturated rings. The van der Waals surface area contributed by atoms with Gasteiger partial charge in [-0.05, 0) is 32.8 Å². The molecule has 0 aliphatic carbocycles. The molecule has 20 heavy (non-hydrogen) atoms. The van der Waals surface area contributed by atoms with Crippen LogP contribution in [0.5, 0.6) is 5.75 Å². The van der Waals surface area contributed by atoms with E-state index in [0.29, 0.717) is 11.3 Å². The Balaban J connectivity index is 2.70. The van der Waals surface area contributed by atoms with Crippen molar-refractivity contribution in [1.29, 1.82) is 0 Å². The van der Waals surface area contributed by atoms with Crippen molar-refractivity contribution in [3.8, 4) is 5.75 Å². The fourth-order valence-electron chi connectivity index (χ4n) is 1.99. The van der Waals surface area contributed by atoms with Gasteiger partial charge in [0.25, 0.3) is 5.91 Å². The lowest BCUT2D eigenvalue weighted by Crippen LogP contribution is -2.42. The zero-order valence-corrected chi connectivity index (χ0v) is 12.7. The average Bonchev–Trinajstić information content (AvgIpc) is 2.44. The maximum absolute atomic E-state index is 12.1. The van der Waals surface area contributed by atoms with Gasteiger partial charge < -0.3 is 15.2 Å². The Bertz CT molecular complexity index is 427. The molecule has 2 atom stereocenters. The Kier molecular flexibility index (Phi) is 6.52. The zero-order chi connectivity index (χ0) is 15.1. The van der Waals surface area contributed by atoms with Crippen LogP contribution in [0.4, 0.5) is 0 Å². The van der Waals surface area contributed by atoms with E-state index in [1.54, 1.807) is 26.0 Å². The predicted molar refractivity (Wildman–Crippen MR) is 79.7 cm³/mol. The lowest BCUT2D eigenvalue weighted by Gasteiger charge is -2.21. The molecular weight excluding hydrogens is 254 g/mol. The second-order valence-corrected chi connectivity index (χ2v) is 5.00. The lowest BCUT2D eigenvalue weighted by atomic mass is 10.1. The molecule has 112 valence electrons. The number of carbonyl (C=O) groups is 1. The summed E-state index contributed by atoms with van der Waals surface area (Å²) in [6.07, 6.45) is 0.592. The molecule has 0 bridgehead atoms. The number of aliphatic hydroxyl groups excluding tert-OH is 1. The van der Waals surface area contributed by atoms with Gasteiger partial charge in [0.1, 0.15) is 5.75 Å². The van der Waals surface area contributed by atoms with Gasteiger partial charge in [0, 0.05) is 11.6 Å². The van der Waals surface area contributed by atoms with Crippen molar-refractivity contribution < 1.29 is 14.6 Å². The highest BCUT2D eigenvalue weighted by molar-refractivity contribution is 5.81. The summed E-state index contributed by atoms with van der Waals surface area (Å²) in [4.78, 5) is 12.1. The molecular formula is C16H25NO3. The third kappa shape index (κ3) is 4.53. The number of nitrogens with one attached hydrogen (secondary N) is 1. The topological polar surface area (TPSA) is 58.6 Å². The second-order valence-electron chi connectivity index (χ2n) is 5.00. The van der Waals surface area contributed by atoms with E-state index in [1.165, 1.54) is 0 Å². The number of hydrogen-bond acceptors (Lipinski definition) is 3. The van der Waals surface area contributed by atoms with Crippen LogP contribution in [0.2, 0.25) is 0 Å². The highest BCUT2D eigenvalue weighted by Gasteiger charge is 2.19. The Morgan fingerprint density at radius 1 is 1.25 bits per heavy atom. The summed E-state index contributed by atoms with van der Waals surface area (Å²) in [7, 11) is 0. The van der Waals surface area contributed by atoms with E-state index in [0.717, 1.165) is 12.8 Å². The van der Waals surface area contributed by atoms with Gasteiger partial charge in [0.05, 0.1) is 6.10 Å². The van der Waals surface area contributed by atoms with Crippen LogP contribution in [0.25, 0.3) is 0 Å². The number of hydrogen-bond donors (Lipinski definition) is 2. The monoisotopic (exact) mass is 279 g/mol. The molecule has 0 heterocycles. The smallest absolute Gasteiger partial charge is 0.260 e. The minimum Gasteiger partial charge on any atom is -0.481 e. The summed E-state index contributed by atoms with van der Waals surface area (Å²) in [5, 5.41) is 12.7. The first-order valence-electron chi connectivity index (χ1n) is 7.23. The van der Waals surface area contributed by atoms with E-state index < -0.39 is 12.2 Å². The molecule has 0 saturated heterocycles. The Morgan fingerprint density at radius 3 is 2.40 bits per heavy atom. The molecule has 1 aromatic carbocycles. The first-order chi connectivity index (χ1) is 9.49. The molecule has 2 N–H and O–H groups in total. The van der Waals surface area contributed by atoms with Gasteiger partial charge in [-0.25, -0.2) is 0 Å². The maximum atomic E-state index is 12.1. The quantitative estimate of drug-likeness (QED) is 0.807. The van der Waals surface area contributed by atoms with E-state index in [1.807, 2.05) is 26.0 Å². The van der Waals surface area contributed by atoms with Gasteiger partial charge in [-0.2, -0.15) is 0 Å². The van der Waals surface area contributed by atoms with Crippen molar-refractivity contribution in [1.82, 2.24) is 5.32 Å². The summed E-state index contributed by atoms with van der Waals surface area (Å²) < 4.78 is 5.69. The van der Waals surface area contributed by atoms with E-state index >= 15 is 0 Å². The lowest BCUT2D eigenvalue weighted by molar-refractivity contribution is -0.128. The number of rotatable bonds is 7. The zero-order valence-electron chi connectivity index (χ0n) is 12.7. The first kappa shape index (κ1) is 16.5. The van der Waals surface area contributed by atoms with Crippen LogP contribution < -0.4 is 10.1 Å². The molecule has 0 radical (unpaired) electrons. The highest BCUT2D eigenvalue weighted by Crippen LogP contribution is 2.25. The number of amides is 1. The third-order valence-electron chi connectivity index (χ3n) is 3.37. The minimum absolute atomic E-state index is 0.126. The standard InChI is InChI=1S/C16H25NO3/c1-5-13(6-2)17-16(19)12(4)20-15-10-8-7-9-14(15)11(3)18/h7-13,18H,5-6H2,1-4H3,(H,17,19)/t11-,12?/m1/s1. The number of benzene rings is 1. The predicted octanol–water partition coefficient (Wildman–Crippen LogP) is 2.81. The van der Waals surface area contributed by atoms with Crippen LogP contribution in [0.1, 0.15) is 52.2 Å². The van der Waals surface area contributed by atoms with E-state index in [2.05, 4.69) is 5.32 Å². The summed E-state index contributed by atoms with van der Waals surface area (Å²) in [5.74, 6) is 0.425. The Labute approximate surface area is 121 Å². The Hall–Kier alpha value is -1.55. The van der Waals surface area contributed by atoms with Crippen LogP contribution in [0, 0.1) is 0 Å². The number of aliphatic hydroxyl groups is 1. The van der Waals surface area contributed by atoms with E-state index in [9.17, 15) is 9.90 Å². The number of carbonyl (C=O) groups excluding carboxylic acids is 1. The van der Waals surface area contributed by atoms with Crippen molar-refractivity contribution >= 4 is 5.91 Å². The molecule has 4 nitrogen and oxygen atoms in total. The molecule has 0 aromatic heterocycles. The van der Waals surface area contributed by atoms with Gasteiger partial charge in [0.15, 0.2) is 6.10 Å². The summed E-state index contributed by atoms with van der Waals surface area (Å²) in [6.45, 7) is 7.49. The first-order valence-corrected chi connectivity index (χ1v) is 7.23. The molecule has 1 aromatic rings. The normalized spacial score (nSPS) is 13.9. The van der Waals surface area contributed by atoms with Gasteiger partial charge in [-0.1, -0.05) is 32.0 Å². The molecule has 0 spiro atoms. The van der Waals surface area contributed by atoms with Crippen LogP contribution >= 0.6 is 0 Å². The van der Waals surface area contributed by atoms with E-state index in [-0.39, 0.29) is 11.9 Å². The number of para-hydroxylation sites is 1. The van der Waals surface area contributed by atoms with Gasteiger partial charge >= 0.3 is 0 Å². The third-order valence-corrected chi connectivity index (χ3v) is 3.37. The van der Waals surface area contributed by atoms with Crippen molar-refractivity contribution in [2.24, 2.45) is 0 Å². The minimum atomic E-state index is -0.625. The Morgan fingerprint density at radius 2 is 1.85 bits per heavy atom.